The molecule has 0 radical (unpaired) electrons. The summed E-state index contributed by atoms with van der Waals surface area (Å²) in [6.45, 7) is 0. The van der Waals surface area contributed by atoms with Crippen molar-refractivity contribution in [3.05, 3.63) is 30.6 Å². The number of benzene rings is 1. The summed E-state index contributed by atoms with van der Waals surface area (Å²) in [5.41, 5.74) is 0.846. The molecule has 7 heteroatoms. The van der Waals surface area contributed by atoms with Gasteiger partial charge in [0.2, 0.25) is 9.05 Å². The molecule has 1 aromatic carbocycles. The van der Waals surface area contributed by atoms with E-state index in [0.717, 1.165) is 15.9 Å². The van der Waals surface area contributed by atoms with Crippen LogP contribution in [0.4, 0.5) is 0 Å². The summed E-state index contributed by atoms with van der Waals surface area (Å²) in [5, 5.41) is 1.70. The molecule has 4 nitrogen and oxygen atoms in total. The highest BCUT2D eigenvalue weighted by Gasteiger charge is 2.08. The van der Waals surface area contributed by atoms with Crippen molar-refractivity contribution in [1.29, 1.82) is 0 Å². The van der Waals surface area contributed by atoms with E-state index in [2.05, 4.69) is 9.97 Å². The molecular formula is C10H9ClN2O2S2. The number of halogens is 1. The van der Waals surface area contributed by atoms with Crippen LogP contribution in [0.1, 0.15) is 0 Å². The molecule has 0 unspecified atom stereocenters. The Morgan fingerprint density at radius 2 is 2.00 bits per heavy atom. The lowest BCUT2D eigenvalue weighted by Gasteiger charge is -2.03. The summed E-state index contributed by atoms with van der Waals surface area (Å²) in [6, 6.07) is 7.59. The molecule has 0 spiro atoms. The number of fused-ring (bicyclic) bond motifs is 1. The first-order valence-electron chi connectivity index (χ1n) is 4.81. The highest BCUT2D eigenvalue weighted by atomic mass is 35.7. The highest BCUT2D eigenvalue weighted by molar-refractivity contribution is 8.14. The molecule has 1 heterocycles. The molecule has 17 heavy (non-hydrogen) atoms. The van der Waals surface area contributed by atoms with Gasteiger partial charge in [-0.15, -0.1) is 11.8 Å². The molecule has 90 valence electrons. The van der Waals surface area contributed by atoms with Crippen molar-refractivity contribution in [2.45, 2.75) is 5.03 Å². The minimum atomic E-state index is -3.44. The second-order valence-corrected chi connectivity index (χ2v) is 7.27. The summed E-state index contributed by atoms with van der Waals surface area (Å²) >= 11 is 1.36. The van der Waals surface area contributed by atoms with Crippen LogP contribution in [0.15, 0.2) is 35.6 Å². The molecule has 0 fully saturated rings. The third kappa shape index (κ3) is 3.55. The van der Waals surface area contributed by atoms with E-state index in [9.17, 15) is 8.42 Å². The van der Waals surface area contributed by atoms with E-state index < -0.39 is 9.05 Å². The van der Waals surface area contributed by atoms with E-state index in [1.807, 2.05) is 24.3 Å². The molecule has 1 aromatic heterocycles. The fourth-order valence-corrected chi connectivity index (χ4v) is 3.67. The number of nitrogens with zero attached hydrogens (tertiary/aromatic N) is 2. The van der Waals surface area contributed by atoms with Crippen molar-refractivity contribution < 1.29 is 8.42 Å². The van der Waals surface area contributed by atoms with Gasteiger partial charge in [0.15, 0.2) is 0 Å². The van der Waals surface area contributed by atoms with Gasteiger partial charge < -0.3 is 0 Å². The van der Waals surface area contributed by atoms with Crippen LogP contribution in [0.25, 0.3) is 10.9 Å². The standard InChI is InChI=1S/C10H9ClN2O2S2/c11-17(14,15)6-5-16-10-8-3-1-2-4-9(8)12-7-13-10/h1-4,7H,5-6H2. The van der Waals surface area contributed by atoms with Gasteiger partial charge in [-0.25, -0.2) is 18.4 Å². The molecule has 0 aliphatic carbocycles. The predicted octanol–water partition coefficient (Wildman–Crippen LogP) is 2.29. The first-order chi connectivity index (χ1) is 8.06. The van der Waals surface area contributed by atoms with Gasteiger partial charge in [0, 0.05) is 21.8 Å². The first-order valence-corrected chi connectivity index (χ1v) is 8.27. The van der Waals surface area contributed by atoms with Crippen molar-refractivity contribution in [2.75, 3.05) is 11.5 Å². The average molecular weight is 289 g/mol. The molecule has 0 aliphatic heterocycles. The van der Waals surface area contributed by atoms with E-state index in [1.165, 1.54) is 18.1 Å². The quantitative estimate of drug-likeness (QED) is 0.491. The van der Waals surface area contributed by atoms with Gasteiger partial charge in [0.1, 0.15) is 11.4 Å². The van der Waals surface area contributed by atoms with Crippen LogP contribution >= 0.6 is 22.4 Å². The van der Waals surface area contributed by atoms with Crippen LogP contribution in [0.5, 0.6) is 0 Å². The topological polar surface area (TPSA) is 59.9 Å². The van der Waals surface area contributed by atoms with Crippen molar-refractivity contribution in [1.82, 2.24) is 9.97 Å². The Kier molecular flexibility index (Phi) is 3.86. The normalized spacial score (nSPS) is 11.8. The van der Waals surface area contributed by atoms with Gasteiger partial charge in [0.05, 0.1) is 11.3 Å². The SMILES string of the molecule is O=S(=O)(Cl)CCSc1ncnc2ccccc12. The van der Waals surface area contributed by atoms with Gasteiger partial charge >= 0.3 is 0 Å². The Hall–Kier alpha value is -0.850. The Labute approximate surface area is 108 Å². The fourth-order valence-electron chi connectivity index (χ4n) is 1.33. The summed E-state index contributed by atoms with van der Waals surface area (Å²) < 4.78 is 21.6. The monoisotopic (exact) mass is 288 g/mol. The third-order valence-corrected chi connectivity index (χ3v) is 4.49. The lowest BCUT2D eigenvalue weighted by atomic mass is 10.2. The van der Waals surface area contributed by atoms with E-state index >= 15 is 0 Å². The number of rotatable bonds is 4. The maximum Gasteiger partial charge on any atom is 0.233 e. The number of thioether (sulfide) groups is 1. The summed E-state index contributed by atoms with van der Waals surface area (Å²) in [6.07, 6.45) is 1.47. The average Bonchev–Trinajstić information content (AvgIpc) is 2.28. The lowest BCUT2D eigenvalue weighted by molar-refractivity contribution is 0.611. The molecule has 0 aliphatic rings. The van der Waals surface area contributed by atoms with Crippen LogP contribution in [-0.4, -0.2) is 29.9 Å². The fraction of sp³-hybridized carbons (Fsp3) is 0.200. The summed E-state index contributed by atoms with van der Waals surface area (Å²) in [7, 11) is 1.70. The van der Waals surface area contributed by atoms with Crippen LogP contribution in [-0.2, 0) is 9.05 Å². The third-order valence-electron chi connectivity index (χ3n) is 2.07. The molecule has 2 rings (SSSR count). The maximum atomic E-state index is 10.8. The predicted molar refractivity (Wildman–Crippen MR) is 69.9 cm³/mol. The number of para-hydroxylation sites is 1. The van der Waals surface area contributed by atoms with Gasteiger partial charge in [-0.1, -0.05) is 18.2 Å². The van der Waals surface area contributed by atoms with E-state index in [4.69, 9.17) is 10.7 Å². The second kappa shape index (κ2) is 5.20. The number of hydrogen-bond donors (Lipinski definition) is 0. The van der Waals surface area contributed by atoms with Crippen LogP contribution in [0, 0.1) is 0 Å². The van der Waals surface area contributed by atoms with Crippen molar-refractivity contribution in [3.8, 4) is 0 Å². The van der Waals surface area contributed by atoms with Gasteiger partial charge in [0.25, 0.3) is 0 Å². The Balaban J connectivity index is 2.19. The maximum absolute atomic E-state index is 10.8. The summed E-state index contributed by atoms with van der Waals surface area (Å²) in [5.74, 6) is 0.310. The second-order valence-electron chi connectivity index (χ2n) is 3.29. The Bertz CT molecular complexity index is 626. The first kappa shape index (κ1) is 12.6. The molecule has 0 N–H and O–H groups in total. The van der Waals surface area contributed by atoms with Crippen molar-refractivity contribution >= 4 is 42.4 Å². The van der Waals surface area contributed by atoms with Crippen LogP contribution in [0.2, 0.25) is 0 Å². The number of aromatic nitrogens is 2. The number of hydrogen-bond acceptors (Lipinski definition) is 5. The lowest BCUT2D eigenvalue weighted by Crippen LogP contribution is -2.00. The van der Waals surface area contributed by atoms with Gasteiger partial charge in [-0.2, -0.15) is 0 Å². The van der Waals surface area contributed by atoms with Crippen LogP contribution in [0.3, 0.4) is 0 Å². The van der Waals surface area contributed by atoms with E-state index in [1.54, 1.807) is 0 Å². The van der Waals surface area contributed by atoms with Gasteiger partial charge in [-0.3, -0.25) is 0 Å². The molecule has 0 saturated heterocycles. The highest BCUT2D eigenvalue weighted by Crippen LogP contribution is 2.24. The molecule has 0 bridgehead atoms. The van der Waals surface area contributed by atoms with Gasteiger partial charge in [-0.05, 0) is 6.07 Å². The Morgan fingerprint density at radius 1 is 1.24 bits per heavy atom. The Morgan fingerprint density at radius 3 is 2.76 bits per heavy atom. The van der Waals surface area contributed by atoms with Crippen LogP contribution < -0.4 is 0 Å². The van der Waals surface area contributed by atoms with Crippen molar-refractivity contribution in [2.24, 2.45) is 0 Å². The molecule has 0 amide bonds. The largest absolute Gasteiger partial charge is 0.236 e. The molecule has 0 saturated carbocycles. The zero-order valence-corrected chi connectivity index (χ0v) is 11.1. The van der Waals surface area contributed by atoms with E-state index in [0.29, 0.717) is 5.75 Å². The minimum absolute atomic E-state index is 0.0719. The van der Waals surface area contributed by atoms with E-state index in [-0.39, 0.29) is 5.75 Å². The molecular weight excluding hydrogens is 280 g/mol. The minimum Gasteiger partial charge on any atom is -0.236 e. The smallest absolute Gasteiger partial charge is 0.233 e. The molecule has 2 aromatic rings. The summed E-state index contributed by atoms with van der Waals surface area (Å²) in [4.78, 5) is 8.27. The zero-order chi connectivity index (χ0) is 12.3. The van der Waals surface area contributed by atoms with Crippen molar-refractivity contribution in [3.63, 3.8) is 0 Å². The zero-order valence-electron chi connectivity index (χ0n) is 8.71. The molecule has 0 atom stereocenters.